The lowest BCUT2D eigenvalue weighted by molar-refractivity contribution is -0.255. The number of hydrogen-bond acceptors (Lipinski definition) is 6. The maximum Gasteiger partial charge on any atom is 0.336 e. The fraction of sp³-hybridized carbons (Fsp3) is 0.0435. The Morgan fingerprint density at radius 3 is 2.53 bits per heavy atom. The van der Waals surface area contributed by atoms with E-state index in [0.29, 0.717) is 21.8 Å². The molecule has 0 radical (unpaired) electrons. The number of furan rings is 1. The highest BCUT2D eigenvalue weighted by atomic mass is 19.1. The molecular weight excluding hydrogens is 419 g/mol. The van der Waals surface area contributed by atoms with Crippen molar-refractivity contribution < 1.29 is 33.1 Å². The van der Waals surface area contributed by atoms with Crippen LogP contribution in [-0.2, 0) is 9.59 Å². The van der Waals surface area contributed by atoms with Crippen molar-refractivity contribution in [2.75, 3.05) is 4.90 Å². The first-order valence-corrected chi connectivity index (χ1v) is 9.34. The number of imide groups is 2. The lowest BCUT2D eigenvalue weighted by Gasteiger charge is -2.26. The van der Waals surface area contributed by atoms with E-state index in [1.54, 1.807) is 19.1 Å². The van der Waals surface area contributed by atoms with Crippen LogP contribution in [0.25, 0.3) is 17.4 Å². The zero-order valence-corrected chi connectivity index (χ0v) is 16.5. The Bertz CT molecular complexity index is 1320. The summed E-state index contributed by atoms with van der Waals surface area (Å²) in [6, 6.07) is 11.5. The van der Waals surface area contributed by atoms with Crippen molar-refractivity contribution in [2.45, 2.75) is 6.92 Å². The molecular formula is C23H14FN2O6-. The van der Waals surface area contributed by atoms with Crippen LogP contribution in [0.5, 0.6) is 0 Å². The van der Waals surface area contributed by atoms with Gasteiger partial charge in [-0.15, -0.1) is 0 Å². The normalized spacial score (nSPS) is 15.2. The molecule has 2 heterocycles. The molecule has 1 N–H and O–H groups in total. The topological polar surface area (TPSA) is 120 Å². The number of halogens is 1. The van der Waals surface area contributed by atoms with Crippen molar-refractivity contribution in [3.05, 3.63) is 82.9 Å². The number of carbonyl (C=O) groups is 4. The van der Waals surface area contributed by atoms with Crippen molar-refractivity contribution >= 4 is 35.6 Å². The predicted molar refractivity (Wildman–Crippen MR) is 109 cm³/mol. The van der Waals surface area contributed by atoms with E-state index in [1.165, 1.54) is 36.4 Å². The summed E-state index contributed by atoms with van der Waals surface area (Å²) in [7, 11) is 0. The Hall–Kier alpha value is -4.53. The number of carboxylic acid groups (broad SMARTS) is 1. The van der Waals surface area contributed by atoms with Gasteiger partial charge in [-0.3, -0.25) is 14.9 Å². The Kier molecular flexibility index (Phi) is 5.15. The summed E-state index contributed by atoms with van der Waals surface area (Å²) in [5.74, 6) is -3.56. The van der Waals surface area contributed by atoms with Crippen LogP contribution >= 0.6 is 0 Å². The molecule has 4 rings (SSSR count). The fourth-order valence-electron chi connectivity index (χ4n) is 3.29. The van der Waals surface area contributed by atoms with E-state index in [0.717, 1.165) is 12.1 Å². The summed E-state index contributed by atoms with van der Waals surface area (Å²) in [5, 5.41) is 13.0. The highest BCUT2D eigenvalue weighted by Gasteiger charge is 2.38. The Morgan fingerprint density at radius 2 is 1.84 bits per heavy atom. The average Bonchev–Trinajstić information content (AvgIpc) is 3.20. The number of hydrogen-bond donors (Lipinski definition) is 1. The second kappa shape index (κ2) is 7.95. The summed E-state index contributed by atoms with van der Waals surface area (Å²) < 4.78 is 19.8. The monoisotopic (exact) mass is 433 g/mol. The molecule has 0 atom stereocenters. The predicted octanol–water partition coefficient (Wildman–Crippen LogP) is 2.42. The van der Waals surface area contributed by atoms with Crippen LogP contribution < -0.4 is 15.3 Å². The quantitative estimate of drug-likeness (QED) is 0.499. The number of rotatable bonds is 4. The van der Waals surface area contributed by atoms with E-state index in [9.17, 15) is 28.7 Å². The largest absolute Gasteiger partial charge is 0.545 e. The number of carboxylic acids is 1. The number of aromatic carboxylic acids is 1. The number of aryl methyl sites for hydroxylation is 1. The molecule has 8 nitrogen and oxygen atoms in total. The first-order chi connectivity index (χ1) is 15.3. The second-order valence-electron chi connectivity index (χ2n) is 6.93. The lowest BCUT2D eigenvalue weighted by Crippen LogP contribution is -2.54. The summed E-state index contributed by atoms with van der Waals surface area (Å²) in [6.45, 7) is 1.69. The average molecular weight is 433 g/mol. The van der Waals surface area contributed by atoms with E-state index >= 15 is 0 Å². The molecule has 1 saturated heterocycles. The molecule has 1 aliphatic heterocycles. The molecule has 160 valence electrons. The first kappa shape index (κ1) is 20.7. The Labute approximate surface area is 180 Å². The number of amides is 4. The minimum atomic E-state index is -1.31. The van der Waals surface area contributed by atoms with Gasteiger partial charge in [-0.25, -0.2) is 14.1 Å². The van der Waals surface area contributed by atoms with Gasteiger partial charge in [-0.2, -0.15) is 0 Å². The van der Waals surface area contributed by atoms with Gasteiger partial charge < -0.3 is 14.3 Å². The minimum Gasteiger partial charge on any atom is -0.545 e. The minimum absolute atomic E-state index is 0.0162. The SMILES string of the molecule is Cc1cc(C(=O)[O-])ccc1-c1ccc(/C=C2\C(=O)NC(=O)N(c3ccccc3F)C2=O)o1. The maximum absolute atomic E-state index is 14.1. The summed E-state index contributed by atoms with van der Waals surface area (Å²) in [4.78, 5) is 48.8. The zero-order chi connectivity index (χ0) is 23.0. The van der Waals surface area contributed by atoms with Crippen molar-refractivity contribution in [1.29, 1.82) is 0 Å². The van der Waals surface area contributed by atoms with Crippen molar-refractivity contribution in [1.82, 2.24) is 5.32 Å². The van der Waals surface area contributed by atoms with Gasteiger partial charge in [0, 0.05) is 5.56 Å². The number of nitrogens with one attached hydrogen (secondary N) is 1. The van der Waals surface area contributed by atoms with Gasteiger partial charge in [0.2, 0.25) is 0 Å². The number of para-hydroxylation sites is 1. The number of anilines is 1. The van der Waals surface area contributed by atoms with Crippen LogP contribution in [-0.4, -0.2) is 23.8 Å². The molecule has 0 unspecified atom stereocenters. The van der Waals surface area contributed by atoms with Gasteiger partial charge in [0.1, 0.15) is 22.9 Å². The van der Waals surface area contributed by atoms with Gasteiger partial charge in [-0.1, -0.05) is 24.3 Å². The number of nitrogens with zero attached hydrogens (tertiary/aromatic N) is 1. The number of carbonyl (C=O) groups excluding carboxylic acids is 4. The number of benzene rings is 2. The van der Waals surface area contributed by atoms with Crippen molar-refractivity contribution in [3.63, 3.8) is 0 Å². The van der Waals surface area contributed by atoms with E-state index in [2.05, 4.69) is 0 Å². The fourth-order valence-corrected chi connectivity index (χ4v) is 3.29. The van der Waals surface area contributed by atoms with Crippen molar-refractivity contribution in [2.24, 2.45) is 0 Å². The van der Waals surface area contributed by atoms with E-state index in [1.807, 2.05) is 5.32 Å². The highest BCUT2D eigenvalue weighted by molar-refractivity contribution is 6.39. The van der Waals surface area contributed by atoms with Crippen LogP contribution in [0, 0.1) is 12.7 Å². The lowest BCUT2D eigenvalue weighted by atomic mass is 10.0. The van der Waals surface area contributed by atoms with Crippen LogP contribution in [0.1, 0.15) is 21.7 Å². The van der Waals surface area contributed by atoms with Gasteiger partial charge >= 0.3 is 6.03 Å². The van der Waals surface area contributed by atoms with Crippen LogP contribution in [0.15, 0.2) is 64.6 Å². The molecule has 1 aromatic heterocycles. The number of urea groups is 1. The molecule has 0 saturated carbocycles. The maximum atomic E-state index is 14.1. The van der Waals surface area contributed by atoms with Gasteiger partial charge in [-0.05, 0) is 54.5 Å². The third kappa shape index (κ3) is 3.67. The van der Waals surface area contributed by atoms with Gasteiger partial charge in [0.05, 0.1) is 11.7 Å². The Balaban J connectivity index is 1.68. The van der Waals surface area contributed by atoms with Crippen molar-refractivity contribution in [3.8, 4) is 11.3 Å². The molecule has 2 aromatic carbocycles. The van der Waals surface area contributed by atoms with E-state index < -0.39 is 35.2 Å². The summed E-state index contributed by atoms with van der Waals surface area (Å²) >= 11 is 0. The molecule has 0 aliphatic carbocycles. The molecule has 9 heteroatoms. The third-order valence-electron chi connectivity index (χ3n) is 4.84. The molecule has 0 bridgehead atoms. The molecule has 3 aromatic rings. The molecule has 1 fully saturated rings. The smallest absolute Gasteiger partial charge is 0.336 e. The first-order valence-electron chi connectivity index (χ1n) is 9.34. The van der Waals surface area contributed by atoms with Crippen LogP contribution in [0.3, 0.4) is 0 Å². The highest BCUT2D eigenvalue weighted by Crippen LogP contribution is 2.29. The van der Waals surface area contributed by atoms with Gasteiger partial charge in [0.15, 0.2) is 0 Å². The molecule has 32 heavy (non-hydrogen) atoms. The van der Waals surface area contributed by atoms with Crippen LogP contribution in [0.2, 0.25) is 0 Å². The second-order valence-corrected chi connectivity index (χ2v) is 6.93. The standard InChI is InChI=1S/C23H15FN2O6/c1-12-10-13(22(29)30)6-8-15(12)19-9-7-14(32-19)11-16-20(27)25-23(31)26(21(16)28)18-5-3-2-4-17(18)24/h2-11H,1H3,(H,29,30)(H,25,27,31)/p-1/b16-11+. The molecule has 4 amide bonds. The molecule has 1 aliphatic rings. The summed E-state index contributed by atoms with van der Waals surface area (Å²) in [5.41, 5.74) is 0.516. The molecule has 0 spiro atoms. The van der Waals surface area contributed by atoms with E-state index in [-0.39, 0.29) is 17.0 Å². The Morgan fingerprint density at radius 1 is 1.09 bits per heavy atom. The van der Waals surface area contributed by atoms with Gasteiger partial charge in [0.25, 0.3) is 11.8 Å². The number of barbiturate groups is 1. The van der Waals surface area contributed by atoms with Crippen LogP contribution in [0.4, 0.5) is 14.9 Å². The third-order valence-corrected chi connectivity index (χ3v) is 4.84. The zero-order valence-electron chi connectivity index (χ0n) is 16.5. The van der Waals surface area contributed by atoms with E-state index in [4.69, 9.17) is 4.42 Å². The summed E-state index contributed by atoms with van der Waals surface area (Å²) in [6.07, 6.45) is 1.15.